The molecule has 1 saturated heterocycles. The highest BCUT2D eigenvalue weighted by molar-refractivity contribution is 14.0. The van der Waals surface area contributed by atoms with E-state index >= 15 is 0 Å². The molecule has 0 aromatic heterocycles. The fraction of sp³-hybridized carbons (Fsp3) is 0.938. The molecule has 23 heavy (non-hydrogen) atoms. The molecule has 1 unspecified atom stereocenters. The highest BCUT2D eigenvalue weighted by Crippen LogP contribution is 2.11. The van der Waals surface area contributed by atoms with Crippen LogP contribution in [0.1, 0.15) is 39.5 Å². The van der Waals surface area contributed by atoms with Crippen molar-refractivity contribution in [3.63, 3.8) is 0 Å². The smallest absolute Gasteiger partial charge is 0.191 e. The van der Waals surface area contributed by atoms with Crippen LogP contribution >= 0.6 is 24.0 Å². The lowest BCUT2D eigenvalue weighted by atomic mass is 10.2. The molecule has 1 rings (SSSR count). The minimum Gasteiger partial charge on any atom is -0.379 e. The second-order valence-electron chi connectivity index (χ2n) is 5.36. The van der Waals surface area contributed by atoms with Crippen LogP contribution in [0.25, 0.3) is 0 Å². The number of nitrogens with one attached hydrogen (secondary N) is 2. The zero-order chi connectivity index (χ0) is 15.9. The van der Waals surface area contributed by atoms with Crippen molar-refractivity contribution in [2.75, 3.05) is 52.7 Å². The van der Waals surface area contributed by atoms with Gasteiger partial charge in [-0.3, -0.25) is 4.99 Å². The van der Waals surface area contributed by atoms with Gasteiger partial charge in [-0.2, -0.15) is 0 Å². The molecular formula is C16H34IN3O3. The molecule has 0 aliphatic carbocycles. The quantitative estimate of drug-likeness (QED) is 0.210. The van der Waals surface area contributed by atoms with Crippen LogP contribution in [0.15, 0.2) is 4.99 Å². The molecule has 1 aliphatic heterocycles. The highest BCUT2D eigenvalue weighted by Gasteiger charge is 2.14. The minimum atomic E-state index is 0. The van der Waals surface area contributed by atoms with Gasteiger partial charge in [0.2, 0.25) is 0 Å². The maximum absolute atomic E-state index is 5.58. The van der Waals surface area contributed by atoms with Crippen molar-refractivity contribution in [2.24, 2.45) is 4.99 Å². The fourth-order valence-corrected chi connectivity index (χ4v) is 2.13. The zero-order valence-corrected chi connectivity index (χ0v) is 17.0. The van der Waals surface area contributed by atoms with Crippen LogP contribution in [0.2, 0.25) is 0 Å². The number of hydrogen-bond acceptors (Lipinski definition) is 4. The van der Waals surface area contributed by atoms with Gasteiger partial charge in [0.1, 0.15) is 0 Å². The Balaban J connectivity index is 0.00000484. The first-order valence-corrected chi connectivity index (χ1v) is 8.66. The number of guanidine groups is 1. The molecule has 0 radical (unpaired) electrons. The highest BCUT2D eigenvalue weighted by atomic mass is 127. The molecule has 6 nitrogen and oxygen atoms in total. The molecule has 1 atom stereocenters. The fourth-order valence-electron chi connectivity index (χ4n) is 2.13. The van der Waals surface area contributed by atoms with Crippen molar-refractivity contribution in [3.05, 3.63) is 0 Å². The summed E-state index contributed by atoms with van der Waals surface area (Å²) in [6.07, 6.45) is 4.84. The Morgan fingerprint density at radius 3 is 2.57 bits per heavy atom. The number of aliphatic imine (C=N–C) groups is 1. The van der Waals surface area contributed by atoms with Crippen molar-refractivity contribution in [1.29, 1.82) is 0 Å². The van der Waals surface area contributed by atoms with E-state index in [2.05, 4.69) is 29.5 Å². The average molecular weight is 443 g/mol. The SMILES string of the molecule is CCCCOCCOCCNC(=NCC1CCCO1)NCC.I. The molecule has 0 aromatic carbocycles. The van der Waals surface area contributed by atoms with E-state index in [0.717, 1.165) is 58.1 Å². The van der Waals surface area contributed by atoms with Crippen molar-refractivity contribution in [1.82, 2.24) is 10.6 Å². The van der Waals surface area contributed by atoms with Gasteiger partial charge in [0, 0.05) is 26.3 Å². The number of ether oxygens (including phenoxy) is 3. The standard InChI is InChI=1S/C16H33N3O3.HI/c1-3-5-9-20-12-13-21-11-8-18-16(17-4-2)19-14-15-7-6-10-22-15;/h15H,3-14H2,1-2H3,(H2,17,18,19);1H. The van der Waals surface area contributed by atoms with Gasteiger partial charge in [0.25, 0.3) is 0 Å². The minimum absolute atomic E-state index is 0. The van der Waals surface area contributed by atoms with Gasteiger partial charge in [-0.05, 0) is 26.2 Å². The first-order chi connectivity index (χ1) is 10.9. The number of rotatable bonds is 12. The van der Waals surface area contributed by atoms with Gasteiger partial charge in [0.05, 0.1) is 32.5 Å². The van der Waals surface area contributed by atoms with E-state index in [0.29, 0.717) is 19.8 Å². The summed E-state index contributed by atoms with van der Waals surface area (Å²) in [7, 11) is 0. The van der Waals surface area contributed by atoms with Gasteiger partial charge in [0.15, 0.2) is 5.96 Å². The summed E-state index contributed by atoms with van der Waals surface area (Å²) in [6.45, 7) is 10.2. The van der Waals surface area contributed by atoms with E-state index in [1.807, 2.05) is 0 Å². The van der Waals surface area contributed by atoms with E-state index in [1.165, 1.54) is 6.42 Å². The van der Waals surface area contributed by atoms with Crippen LogP contribution in [-0.4, -0.2) is 64.7 Å². The van der Waals surface area contributed by atoms with E-state index < -0.39 is 0 Å². The van der Waals surface area contributed by atoms with Gasteiger partial charge < -0.3 is 24.8 Å². The third-order valence-electron chi connectivity index (χ3n) is 3.37. The maximum atomic E-state index is 5.58. The third kappa shape index (κ3) is 12.9. The summed E-state index contributed by atoms with van der Waals surface area (Å²) in [4.78, 5) is 4.55. The van der Waals surface area contributed by atoms with Gasteiger partial charge >= 0.3 is 0 Å². The Morgan fingerprint density at radius 2 is 1.91 bits per heavy atom. The van der Waals surface area contributed by atoms with Crippen molar-refractivity contribution in [2.45, 2.75) is 45.6 Å². The van der Waals surface area contributed by atoms with E-state index in [-0.39, 0.29) is 30.1 Å². The number of nitrogens with zero attached hydrogens (tertiary/aromatic N) is 1. The van der Waals surface area contributed by atoms with Crippen molar-refractivity contribution >= 4 is 29.9 Å². The second kappa shape index (κ2) is 16.7. The van der Waals surface area contributed by atoms with Crippen LogP contribution in [0.4, 0.5) is 0 Å². The normalized spacial score (nSPS) is 17.8. The Bertz CT molecular complexity index is 288. The molecule has 7 heteroatoms. The number of halogens is 1. The summed E-state index contributed by atoms with van der Waals surface area (Å²) in [6, 6.07) is 0. The van der Waals surface area contributed by atoms with Gasteiger partial charge in [-0.15, -0.1) is 24.0 Å². The molecule has 1 heterocycles. The monoisotopic (exact) mass is 443 g/mol. The van der Waals surface area contributed by atoms with Crippen LogP contribution in [0.3, 0.4) is 0 Å². The Hall–Kier alpha value is -0.120. The predicted molar refractivity (Wildman–Crippen MR) is 105 cm³/mol. The van der Waals surface area contributed by atoms with E-state index in [4.69, 9.17) is 14.2 Å². The van der Waals surface area contributed by atoms with Crippen LogP contribution in [-0.2, 0) is 14.2 Å². The van der Waals surface area contributed by atoms with Crippen LogP contribution in [0, 0.1) is 0 Å². The molecule has 138 valence electrons. The zero-order valence-electron chi connectivity index (χ0n) is 14.6. The molecule has 1 fully saturated rings. The molecule has 2 N–H and O–H groups in total. The van der Waals surface area contributed by atoms with E-state index in [1.54, 1.807) is 0 Å². The first-order valence-electron chi connectivity index (χ1n) is 8.66. The Labute approximate surface area is 158 Å². The Kier molecular flexibility index (Phi) is 16.6. The average Bonchev–Trinajstić information content (AvgIpc) is 3.04. The molecule has 1 aliphatic rings. The molecule has 0 spiro atoms. The number of unbranched alkanes of at least 4 members (excludes halogenated alkanes) is 1. The maximum Gasteiger partial charge on any atom is 0.191 e. The summed E-state index contributed by atoms with van der Waals surface area (Å²) in [5.74, 6) is 0.834. The van der Waals surface area contributed by atoms with Crippen molar-refractivity contribution in [3.8, 4) is 0 Å². The number of hydrogen-bond donors (Lipinski definition) is 2. The summed E-state index contributed by atoms with van der Waals surface area (Å²) in [5, 5.41) is 6.51. The summed E-state index contributed by atoms with van der Waals surface area (Å²) < 4.78 is 16.5. The topological polar surface area (TPSA) is 64.1 Å². The van der Waals surface area contributed by atoms with Crippen LogP contribution < -0.4 is 10.6 Å². The molecule has 0 aromatic rings. The van der Waals surface area contributed by atoms with Gasteiger partial charge in [-0.1, -0.05) is 13.3 Å². The molecule has 0 saturated carbocycles. The Morgan fingerprint density at radius 1 is 1.13 bits per heavy atom. The lowest BCUT2D eigenvalue weighted by Gasteiger charge is -2.13. The lowest BCUT2D eigenvalue weighted by Crippen LogP contribution is -2.39. The lowest BCUT2D eigenvalue weighted by molar-refractivity contribution is 0.0487. The summed E-state index contributed by atoms with van der Waals surface area (Å²) in [5.41, 5.74) is 0. The predicted octanol–water partition coefficient (Wildman–Crippen LogP) is 2.17. The molecule has 0 bridgehead atoms. The first kappa shape index (κ1) is 22.9. The third-order valence-corrected chi connectivity index (χ3v) is 3.37. The van der Waals surface area contributed by atoms with Crippen molar-refractivity contribution < 1.29 is 14.2 Å². The molecular weight excluding hydrogens is 409 g/mol. The largest absolute Gasteiger partial charge is 0.379 e. The van der Waals surface area contributed by atoms with E-state index in [9.17, 15) is 0 Å². The van der Waals surface area contributed by atoms with Crippen LogP contribution in [0.5, 0.6) is 0 Å². The van der Waals surface area contributed by atoms with Gasteiger partial charge in [-0.25, -0.2) is 0 Å². The summed E-state index contributed by atoms with van der Waals surface area (Å²) >= 11 is 0. The second-order valence-corrected chi connectivity index (χ2v) is 5.36. The molecule has 0 amide bonds.